The quantitative estimate of drug-likeness (QED) is 0.779. The van der Waals surface area contributed by atoms with E-state index in [2.05, 4.69) is 0 Å². The number of carbonyl (C=O) groups excluding carboxylic acids is 2. The maximum Gasteiger partial charge on any atom is 0.289 e. The van der Waals surface area contributed by atoms with E-state index < -0.39 is 10.8 Å². The van der Waals surface area contributed by atoms with Crippen molar-refractivity contribution in [2.24, 2.45) is 0 Å². The van der Waals surface area contributed by atoms with E-state index in [1.807, 2.05) is 6.07 Å². The lowest BCUT2D eigenvalue weighted by Gasteiger charge is -2.34. The predicted octanol–water partition coefficient (Wildman–Crippen LogP) is 2.17. The Kier molecular flexibility index (Phi) is 6.11. The Hall–Kier alpha value is -2.12. The van der Waals surface area contributed by atoms with E-state index in [0.717, 1.165) is 5.56 Å². The number of rotatable bonds is 5. The van der Waals surface area contributed by atoms with Crippen LogP contribution in [0.15, 0.2) is 47.1 Å². The third-order valence-corrected chi connectivity index (χ3v) is 5.61. The van der Waals surface area contributed by atoms with E-state index in [1.54, 1.807) is 40.1 Å². The van der Waals surface area contributed by atoms with E-state index in [9.17, 15) is 13.8 Å². The highest BCUT2D eigenvalue weighted by atomic mass is 35.5. The van der Waals surface area contributed by atoms with Crippen LogP contribution in [0.1, 0.15) is 16.1 Å². The second kappa shape index (κ2) is 8.51. The number of carbonyl (C=O) groups is 2. The van der Waals surface area contributed by atoms with Gasteiger partial charge >= 0.3 is 0 Å². The van der Waals surface area contributed by atoms with Gasteiger partial charge in [0, 0.05) is 47.8 Å². The first kappa shape index (κ1) is 18.7. The monoisotopic (exact) mass is 394 g/mol. The minimum atomic E-state index is -1.30. The van der Waals surface area contributed by atoms with Gasteiger partial charge in [-0.2, -0.15) is 0 Å². The van der Waals surface area contributed by atoms with Crippen molar-refractivity contribution in [1.82, 2.24) is 9.80 Å². The van der Waals surface area contributed by atoms with Gasteiger partial charge < -0.3 is 14.2 Å². The molecule has 1 aliphatic rings. The van der Waals surface area contributed by atoms with Crippen molar-refractivity contribution in [3.8, 4) is 0 Å². The standard InChI is InChI=1S/C18H19ClN2O4S/c19-15-4-1-3-14(11-15)12-26(24)13-17(22)20-6-8-21(9-7-20)18(23)16-5-2-10-25-16/h1-5,10-11H,6-9,12-13H2. The summed E-state index contributed by atoms with van der Waals surface area (Å²) in [5.41, 5.74) is 0.845. The number of hydrogen-bond donors (Lipinski definition) is 0. The Morgan fingerprint density at radius 1 is 1.08 bits per heavy atom. The Bertz CT molecular complexity index is 801. The number of piperazine rings is 1. The fourth-order valence-electron chi connectivity index (χ4n) is 2.81. The van der Waals surface area contributed by atoms with Crippen LogP contribution in [0.4, 0.5) is 0 Å². The molecule has 2 amide bonds. The summed E-state index contributed by atoms with van der Waals surface area (Å²) in [4.78, 5) is 27.9. The summed E-state index contributed by atoms with van der Waals surface area (Å²) in [6, 6.07) is 10.4. The molecule has 138 valence electrons. The molecule has 26 heavy (non-hydrogen) atoms. The molecule has 1 atom stereocenters. The molecule has 0 radical (unpaired) electrons. The molecule has 1 saturated heterocycles. The molecule has 6 nitrogen and oxygen atoms in total. The summed E-state index contributed by atoms with van der Waals surface area (Å²) in [7, 11) is -1.30. The van der Waals surface area contributed by atoms with Gasteiger partial charge in [-0.1, -0.05) is 23.7 Å². The van der Waals surface area contributed by atoms with Gasteiger partial charge in [-0.25, -0.2) is 0 Å². The maximum atomic E-state index is 12.4. The van der Waals surface area contributed by atoms with E-state index in [0.29, 0.717) is 42.7 Å². The van der Waals surface area contributed by atoms with Crippen molar-refractivity contribution >= 4 is 34.2 Å². The summed E-state index contributed by atoms with van der Waals surface area (Å²) >= 11 is 5.92. The Labute approximate surface area is 159 Å². The fraction of sp³-hybridized carbons (Fsp3) is 0.333. The smallest absolute Gasteiger partial charge is 0.289 e. The second-order valence-corrected chi connectivity index (χ2v) is 7.90. The van der Waals surface area contributed by atoms with Crippen molar-refractivity contribution < 1.29 is 18.2 Å². The first-order valence-electron chi connectivity index (χ1n) is 8.23. The molecule has 3 rings (SSSR count). The number of halogens is 1. The van der Waals surface area contributed by atoms with E-state index >= 15 is 0 Å². The van der Waals surface area contributed by atoms with Crippen LogP contribution in [0.25, 0.3) is 0 Å². The molecular formula is C18H19ClN2O4S. The maximum absolute atomic E-state index is 12.4. The van der Waals surface area contributed by atoms with Crippen molar-refractivity contribution in [1.29, 1.82) is 0 Å². The Morgan fingerprint density at radius 2 is 1.81 bits per heavy atom. The van der Waals surface area contributed by atoms with Crippen LogP contribution in [0, 0.1) is 0 Å². The van der Waals surface area contributed by atoms with Crippen molar-refractivity contribution in [3.63, 3.8) is 0 Å². The summed E-state index contributed by atoms with van der Waals surface area (Å²) in [6.45, 7) is 1.73. The first-order chi connectivity index (χ1) is 12.5. The van der Waals surface area contributed by atoms with Gasteiger partial charge in [-0.15, -0.1) is 0 Å². The van der Waals surface area contributed by atoms with Crippen LogP contribution in [0.2, 0.25) is 5.02 Å². The van der Waals surface area contributed by atoms with Crippen LogP contribution < -0.4 is 0 Å². The molecule has 1 unspecified atom stereocenters. The van der Waals surface area contributed by atoms with Crippen molar-refractivity contribution in [3.05, 3.63) is 59.0 Å². The van der Waals surface area contributed by atoms with Gasteiger partial charge in [0.15, 0.2) is 5.76 Å². The lowest BCUT2D eigenvalue weighted by molar-refractivity contribution is -0.129. The summed E-state index contributed by atoms with van der Waals surface area (Å²) < 4.78 is 17.4. The molecule has 0 bridgehead atoms. The second-order valence-electron chi connectivity index (χ2n) is 6.01. The molecule has 1 aromatic carbocycles. The normalized spacial score (nSPS) is 15.7. The molecule has 1 aromatic heterocycles. The summed E-state index contributed by atoms with van der Waals surface area (Å²) in [5.74, 6) is 0.233. The first-order valence-corrected chi connectivity index (χ1v) is 10.1. The van der Waals surface area contributed by atoms with Gasteiger partial charge in [0.2, 0.25) is 5.91 Å². The lowest BCUT2D eigenvalue weighted by atomic mass is 10.2. The Balaban J connectivity index is 1.47. The molecule has 2 aromatic rings. The topological polar surface area (TPSA) is 70.8 Å². The van der Waals surface area contributed by atoms with Gasteiger partial charge in [0.1, 0.15) is 5.75 Å². The number of benzene rings is 1. The predicted molar refractivity (Wildman–Crippen MR) is 99.4 cm³/mol. The SMILES string of the molecule is O=C(CS(=O)Cc1cccc(Cl)c1)N1CCN(C(=O)c2ccco2)CC1. The molecule has 0 aliphatic carbocycles. The van der Waals surface area contributed by atoms with Crippen LogP contribution >= 0.6 is 11.6 Å². The molecule has 0 spiro atoms. The van der Waals surface area contributed by atoms with Crippen LogP contribution in [-0.2, 0) is 21.3 Å². The molecule has 2 heterocycles. The molecule has 1 aliphatic heterocycles. The van der Waals surface area contributed by atoms with Crippen LogP contribution in [0.3, 0.4) is 0 Å². The van der Waals surface area contributed by atoms with Crippen molar-refractivity contribution in [2.75, 3.05) is 31.9 Å². The number of amides is 2. The van der Waals surface area contributed by atoms with Gasteiger partial charge in [0.25, 0.3) is 5.91 Å². The van der Waals surface area contributed by atoms with Gasteiger partial charge in [-0.05, 0) is 29.8 Å². The number of nitrogens with zero attached hydrogens (tertiary/aromatic N) is 2. The largest absolute Gasteiger partial charge is 0.459 e. The molecule has 8 heteroatoms. The van der Waals surface area contributed by atoms with E-state index in [4.69, 9.17) is 16.0 Å². The molecule has 0 saturated carbocycles. The van der Waals surface area contributed by atoms with Crippen LogP contribution in [0.5, 0.6) is 0 Å². The highest BCUT2D eigenvalue weighted by molar-refractivity contribution is 7.84. The zero-order chi connectivity index (χ0) is 18.5. The Morgan fingerprint density at radius 3 is 2.46 bits per heavy atom. The zero-order valence-corrected chi connectivity index (χ0v) is 15.7. The molecular weight excluding hydrogens is 376 g/mol. The van der Waals surface area contributed by atoms with Crippen molar-refractivity contribution in [2.45, 2.75) is 5.75 Å². The van der Waals surface area contributed by atoms with Crippen LogP contribution in [-0.4, -0.2) is 57.8 Å². The highest BCUT2D eigenvalue weighted by Crippen LogP contribution is 2.13. The minimum absolute atomic E-state index is 0.0291. The van der Waals surface area contributed by atoms with E-state index in [-0.39, 0.29) is 17.6 Å². The average Bonchev–Trinajstić information content (AvgIpc) is 3.15. The molecule has 0 N–H and O–H groups in total. The summed E-state index contributed by atoms with van der Waals surface area (Å²) in [6.07, 6.45) is 1.46. The van der Waals surface area contributed by atoms with E-state index in [1.165, 1.54) is 6.26 Å². The summed E-state index contributed by atoms with van der Waals surface area (Å²) in [5, 5.41) is 0.586. The highest BCUT2D eigenvalue weighted by Gasteiger charge is 2.26. The zero-order valence-electron chi connectivity index (χ0n) is 14.1. The van der Waals surface area contributed by atoms with Gasteiger partial charge in [-0.3, -0.25) is 13.8 Å². The fourth-order valence-corrected chi connectivity index (χ4v) is 4.13. The number of hydrogen-bond acceptors (Lipinski definition) is 4. The molecule has 1 fully saturated rings. The average molecular weight is 395 g/mol. The third-order valence-electron chi connectivity index (χ3n) is 4.15. The number of furan rings is 1. The minimum Gasteiger partial charge on any atom is -0.459 e. The third kappa shape index (κ3) is 4.74. The van der Waals surface area contributed by atoms with Gasteiger partial charge in [0.05, 0.1) is 6.26 Å². The lowest BCUT2D eigenvalue weighted by Crippen LogP contribution is -2.51.